The molecule has 0 bridgehead atoms. The zero-order valence-electron chi connectivity index (χ0n) is 12.7. The number of rotatable bonds is 4. The molecule has 2 heterocycles. The first-order chi connectivity index (χ1) is 10.4. The number of aryl methyl sites for hydroxylation is 1. The maximum atomic E-state index is 11.5. The first-order valence-electron chi connectivity index (χ1n) is 7.23. The van der Waals surface area contributed by atoms with Gasteiger partial charge in [-0.3, -0.25) is 4.90 Å². The highest BCUT2D eigenvalue weighted by molar-refractivity contribution is 7.91. The highest BCUT2D eigenvalue weighted by Crippen LogP contribution is 2.21. The predicted molar refractivity (Wildman–Crippen MR) is 83.0 cm³/mol. The number of sulfone groups is 1. The maximum absolute atomic E-state index is 11.5. The molecule has 0 amide bonds. The van der Waals surface area contributed by atoms with Crippen LogP contribution >= 0.6 is 0 Å². The zero-order valence-corrected chi connectivity index (χ0v) is 13.5. The molecule has 0 unspecified atom stereocenters. The standard InChI is InChI=1S/C15H19N3O3S/c1-11-3-5-12(6-4-11)15-17-16-14(21-15)9-18(2)13-7-8-22(19,20)10-13/h3-6,13H,7-10H2,1-2H3/t13-/m0/s1. The normalized spacial score (nSPS) is 20.6. The van der Waals surface area contributed by atoms with Crippen LogP contribution in [0.4, 0.5) is 0 Å². The molecule has 1 aromatic heterocycles. The summed E-state index contributed by atoms with van der Waals surface area (Å²) < 4.78 is 28.8. The summed E-state index contributed by atoms with van der Waals surface area (Å²) in [5.74, 6) is 1.47. The van der Waals surface area contributed by atoms with Crippen LogP contribution in [0, 0.1) is 6.92 Å². The van der Waals surface area contributed by atoms with Crippen molar-refractivity contribution >= 4 is 9.84 Å². The largest absolute Gasteiger partial charge is 0.419 e. The smallest absolute Gasteiger partial charge is 0.247 e. The van der Waals surface area contributed by atoms with Gasteiger partial charge in [-0.2, -0.15) is 0 Å². The molecule has 0 radical (unpaired) electrons. The third-order valence-corrected chi connectivity index (χ3v) is 5.73. The molecular formula is C15H19N3O3S. The van der Waals surface area contributed by atoms with Gasteiger partial charge < -0.3 is 4.42 Å². The molecule has 1 aliphatic heterocycles. The average molecular weight is 321 g/mol. The van der Waals surface area contributed by atoms with Gasteiger partial charge >= 0.3 is 0 Å². The number of hydrogen-bond acceptors (Lipinski definition) is 6. The summed E-state index contributed by atoms with van der Waals surface area (Å²) in [6.45, 7) is 2.48. The summed E-state index contributed by atoms with van der Waals surface area (Å²) in [4.78, 5) is 1.97. The van der Waals surface area contributed by atoms with E-state index in [-0.39, 0.29) is 17.5 Å². The van der Waals surface area contributed by atoms with Crippen molar-refractivity contribution < 1.29 is 12.8 Å². The lowest BCUT2D eigenvalue weighted by atomic mass is 10.1. The van der Waals surface area contributed by atoms with Gasteiger partial charge in [0.05, 0.1) is 18.1 Å². The summed E-state index contributed by atoms with van der Waals surface area (Å²) in [5.41, 5.74) is 2.06. The molecule has 3 rings (SSSR count). The Kier molecular flexibility index (Phi) is 4.01. The quantitative estimate of drug-likeness (QED) is 0.852. The summed E-state index contributed by atoms with van der Waals surface area (Å²) in [7, 11) is -0.993. The molecule has 0 saturated carbocycles. The highest BCUT2D eigenvalue weighted by Gasteiger charge is 2.31. The Morgan fingerprint density at radius 1 is 1.27 bits per heavy atom. The van der Waals surface area contributed by atoms with Gasteiger partial charge in [0.1, 0.15) is 0 Å². The Morgan fingerprint density at radius 3 is 2.64 bits per heavy atom. The van der Waals surface area contributed by atoms with E-state index in [4.69, 9.17) is 4.42 Å². The lowest BCUT2D eigenvalue weighted by Crippen LogP contribution is -2.32. The second-order valence-corrected chi connectivity index (χ2v) is 8.07. The van der Waals surface area contributed by atoms with E-state index in [1.165, 1.54) is 5.56 Å². The Labute approximate surface area is 130 Å². The molecule has 1 fully saturated rings. The monoisotopic (exact) mass is 321 g/mol. The second-order valence-electron chi connectivity index (χ2n) is 5.84. The van der Waals surface area contributed by atoms with Crippen molar-refractivity contribution in [1.82, 2.24) is 15.1 Å². The van der Waals surface area contributed by atoms with Gasteiger partial charge in [-0.15, -0.1) is 10.2 Å². The van der Waals surface area contributed by atoms with Gasteiger partial charge in [0.15, 0.2) is 9.84 Å². The molecule has 0 spiro atoms. The van der Waals surface area contributed by atoms with Crippen molar-refractivity contribution in [2.24, 2.45) is 0 Å². The molecular weight excluding hydrogens is 302 g/mol. The van der Waals surface area contributed by atoms with Crippen molar-refractivity contribution in [3.05, 3.63) is 35.7 Å². The van der Waals surface area contributed by atoms with Crippen LogP contribution in [0.5, 0.6) is 0 Å². The van der Waals surface area contributed by atoms with E-state index in [1.807, 2.05) is 43.1 Å². The summed E-state index contributed by atoms with van der Waals surface area (Å²) >= 11 is 0. The molecule has 0 aliphatic carbocycles. The Morgan fingerprint density at radius 2 is 2.00 bits per heavy atom. The molecule has 1 atom stereocenters. The fraction of sp³-hybridized carbons (Fsp3) is 0.467. The van der Waals surface area contributed by atoms with Crippen LogP contribution in [0.1, 0.15) is 17.9 Å². The van der Waals surface area contributed by atoms with Crippen LogP contribution in [0.15, 0.2) is 28.7 Å². The van der Waals surface area contributed by atoms with Crippen molar-refractivity contribution in [3.8, 4) is 11.5 Å². The van der Waals surface area contributed by atoms with E-state index >= 15 is 0 Å². The summed E-state index contributed by atoms with van der Waals surface area (Å²) in [6.07, 6.45) is 0.664. The topological polar surface area (TPSA) is 76.3 Å². The van der Waals surface area contributed by atoms with Crippen molar-refractivity contribution in [2.45, 2.75) is 25.9 Å². The predicted octanol–water partition coefficient (Wildman–Crippen LogP) is 1.66. The lowest BCUT2D eigenvalue weighted by Gasteiger charge is -2.20. The number of aromatic nitrogens is 2. The molecule has 7 heteroatoms. The maximum Gasteiger partial charge on any atom is 0.247 e. The van der Waals surface area contributed by atoms with E-state index < -0.39 is 9.84 Å². The minimum atomic E-state index is -2.88. The van der Waals surface area contributed by atoms with Gasteiger partial charge in [0.25, 0.3) is 0 Å². The van der Waals surface area contributed by atoms with Gasteiger partial charge in [-0.05, 0) is 32.5 Å². The summed E-state index contributed by atoms with van der Waals surface area (Å²) in [6, 6.07) is 7.91. The van der Waals surface area contributed by atoms with Crippen molar-refractivity contribution in [3.63, 3.8) is 0 Å². The first kappa shape index (κ1) is 15.2. The van der Waals surface area contributed by atoms with Crippen LogP contribution in [-0.2, 0) is 16.4 Å². The third kappa shape index (κ3) is 3.36. The number of benzene rings is 1. The van der Waals surface area contributed by atoms with Crippen LogP contribution in [0.3, 0.4) is 0 Å². The van der Waals surface area contributed by atoms with Crippen molar-refractivity contribution in [1.29, 1.82) is 0 Å². The first-order valence-corrected chi connectivity index (χ1v) is 9.05. The average Bonchev–Trinajstić information content (AvgIpc) is 3.06. The second kappa shape index (κ2) is 5.81. The molecule has 1 saturated heterocycles. The highest BCUT2D eigenvalue weighted by atomic mass is 32.2. The molecule has 2 aromatic rings. The SMILES string of the molecule is Cc1ccc(-c2nnc(CN(C)[C@H]3CCS(=O)(=O)C3)o2)cc1. The Hall–Kier alpha value is -1.73. The molecule has 1 aromatic carbocycles. The minimum absolute atomic E-state index is 0.0275. The van der Waals surface area contributed by atoms with Gasteiger partial charge in [-0.25, -0.2) is 8.42 Å². The Balaban J connectivity index is 1.68. The molecule has 22 heavy (non-hydrogen) atoms. The van der Waals surface area contributed by atoms with Gasteiger partial charge in [0, 0.05) is 11.6 Å². The van der Waals surface area contributed by atoms with Gasteiger partial charge in [-0.1, -0.05) is 17.7 Å². The molecule has 0 N–H and O–H groups in total. The lowest BCUT2D eigenvalue weighted by molar-refractivity contribution is 0.230. The van der Waals surface area contributed by atoms with E-state index in [0.717, 1.165) is 5.56 Å². The minimum Gasteiger partial charge on any atom is -0.419 e. The van der Waals surface area contributed by atoms with Gasteiger partial charge in [0.2, 0.25) is 11.8 Å². The van der Waals surface area contributed by atoms with Crippen molar-refractivity contribution in [2.75, 3.05) is 18.6 Å². The molecule has 118 valence electrons. The van der Waals surface area contributed by atoms with E-state index in [1.54, 1.807) is 0 Å². The Bertz CT molecular complexity index is 753. The van der Waals surface area contributed by atoms with Crippen LogP contribution in [0.2, 0.25) is 0 Å². The van der Waals surface area contributed by atoms with Crippen LogP contribution < -0.4 is 0 Å². The van der Waals surface area contributed by atoms with E-state index in [0.29, 0.717) is 24.7 Å². The fourth-order valence-electron chi connectivity index (χ4n) is 2.60. The fourth-order valence-corrected chi connectivity index (χ4v) is 4.40. The molecule has 6 nitrogen and oxygen atoms in total. The molecule has 1 aliphatic rings. The number of hydrogen-bond donors (Lipinski definition) is 0. The zero-order chi connectivity index (χ0) is 15.7. The van der Waals surface area contributed by atoms with Crippen LogP contribution in [-0.4, -0.2) is 48.1 Å². The van der Waals surface area contributed by atoms with Crippen LogP contribution in [0.25, 0.3) is 11.5 Å². The third-order valence-electron chi connectivity index (χ3n) is 3.98. The number of nitrogens with zero attached hydrogens (tertiary/aromatic N) is 3. The van der Waals surface area contributed by atoms with E-state index in [9.17, 15) is 8.42 Å². The van der Waals surface area contributed by atoms with E-state index in [2.05, 4.69) is 10.2 Å². The summed E-state index contributed by atoms with van der Waals surface area (Å²) in [5, 5.41) is 8.12.